The molecule has 104 valence electrons. The third-order valence-electron chi connectivity index (χ3n) is 2.99. The molecule has 3 aromatic rings. The lowest BCUT2D eigenvalue weighted by Gasteiger charge is -2.09. The highest BCUT2D eigenvalue weighted by Crippen LogP contribution is 2.31. The average Bonchev–Trinajstić information content (AvgIpc) is 2.46. The summed E-state index contributed by atoms with van der Waals surface area (Å²) in [5.41, 5.74) is 7.02. The zero-order valence-corrected chi connectivity index (χ0v) is 11.8. The van der Waals surface area contributed by atoms with Crippen LogP contribution in [0.1, 0.15) is 5.56 Å². The number of rotatable bonds is 3. The average molecular weight is 297 g/mol. The van der Waals surface area contributed by atoms with Crippen LogP contribution in [0.5, 0.6) is 0 Å². The normalized spacial score (nSPS) is 10.7. The number of nitrogen functional groups attached to an aromatic ring is 1. The van der Waals surface area contributed by atoms with Gasteiger partial charge in [-0.25, -0.2) is 9.37 Å². The number of hydrogen-bond acceptors (Lipinski definition) is 3. The lowest BCUT2D eigenvalue weighted by Crippen LogP contribution is -2.13. The predicted molar refractivity (Wildman–Crippen MR) is 83.3 cm³/mol. The van der Waals surface area contributed by atoms with Crippen molar-refractivity contribution in [3.05, 3.63) is 66.0 Å². The third-order valence-corrected chi connectivity index (χ3v) is 3.98. The first-order chi connectivity index (χ1) is 10.1. The lowest BCUT2D eigenvalue weighted by molar-refractivity contribution is 0.624. The molecule has 3 nitrogen and oxygen atoms in total. The molecule has 0 amide bonds. The second-order valence-corrected chi connectivity index (χ2v) is 5.57. The number of amidine groups is 1. The van der Waals surface area contributed by atoms with Gasteiger partial charge in [-0.1, -0.05) is 36.0 Å². The largest absolute Gasteiger partial charge is 0.384 e. The fraction of sp³-hybridized carbons (Fsp3) is 0. The van der Waals surface area contributed by atoms with Crippen molar-refractivity contribution in [3.63, 3.8) is 0 Å². The molecule has 0 saturated carbocycles. The Kier molecular flexibility index (Phi) is 3.58. The van der Waals surface area contributed by atoms with Gasteiger partial charge in [0, 0.05) is 15.8 Å². The van der Waals surface area contributed by atoms with Gasteiger partial charge in [0.1, 0.15) is 16.7 Å². The zero-order chi connectivity index (χ0) is 14.8. The molecule has 0 aliphatic rings. The van der Waals surface area contributed by atoms with Gasteiger partial charge in [0.25, 0.3) is 0 Å². The second kappa shape index (κ2) is 5.54. The summed E-state index contributed by atoms with van der Waals surface area (Å²) in [7, 11) is 0. The Morgan fingerprint density at radius 3 is 2.67 bits per heavy atom. The van der Waals surface area contributed by atoms with Crippen molar-refractivity contribution in [2.45, 2.75) is 9.92 Å². The number of para-hydroxylation sites is 1. The molecule has 3 N–H and O–H groups in total. The molecule has 0 atom stereocenters. The van der Waals surface area contributed by atoms with Crippen LogP contribution in [-0.2, 0) is 0 Å². The van der Waals surface area contributed by atoms with Crippen LogP contribution in [0.3, 0.4) is 0 Å². The van der Waals surface area contributed by atoms with Gasteiger partial charge in [-0.3, -0.25) is 5.41 Å². The van der Waals surface area contributed by atoms with Crippen LogP contribution in [0.15, 0.2) is 64.5 Å². The number of fused-ring (bicyclic) bond motifs is 1. The zero-order valence-electron chi connectivity index (χ0n) is 11.0. The molecular formula is C16H12FN3S. The summed E-state index contributed by atoms with van der Waals surface area (Å²) in [5.74, 6) is -0.350. The van der Waals surface area contributed by atoms with Gasteiger partial charge < -0.3 is 5.73 Å². The van der Waals surface area contributed by atoms with E-state index in [0.29, 0.717) is 10.6 Å². The Hall–Kier alpha value is -2.40. The molecule has 3 rings (SSSR count). The molecule has 0 saturated heterocycles. The van der Waals surface area contributed by atoms with E-state index < -0.39 is 0 Å². The van der Waals surface area contributed by atoms with E-state index in [9.17, 15) is 4.39 Å². The van der Waals surface area contributed by atoms with Gasteiger partial charge in [-0.15, -0.1) is 0 Å². The van der Waals surface area contributed by atoms with Crippen molar-refractivity contribution in [2.75, 3.05) is 0 Å². The molecule has 0 aliphatic heterocycles. The van der Waals surface area contributed by atoms with Crippen molar-refractivity contribution < 1.29 is 4.39 Å². The minimum absolute atomic E-state index is 0.0489. The molecule has 0 fully saturated rings. The van der Waals surface area contributed by atoms with Crippen LogP contribution in [0.25, 0.3) is 10.9 Å². The SMILES string of the molecule is N=C(N)c1cc2ccccc2nc1Sc1cccc(F)c1. The molecule has 1 aromatic heterocycles. The first kappa shape index (κ1) is 13.6. The highest BCUT2D eigenvalue weighted by Gasteiger charge is 2.11. The first-order valence-electron chi connectivity index (χ1n) is 6.31. The Bertz CT molecular complexity index is 833. The summed E-state index contributed by atoms with van der Waals surface area (Å²) in [5, 5.41) is 9.24. The topological polar surface area (TPSA) is 62.8 Å². The molecule has 21 heavy (non-hydrogen) atoms. The third kappa shape index (κ3) is 2.87. The number of nitrogens with zero attached hydrogens (tertiary/aromatic N) is 1. The van der Waals surface area contributed by atoms with E-state index in [-0.39, 0.29) is 11.7 Å². The van der Waals surface area contributed by atoms with Crippen LogP contribution in [0, 0.1) is 11.2 Å². The van der Waals surface area contributed by atoms with E-state index >= 15 is 0 Å². The van der Waals surface area contributed by atoms with E-state index in [0.717, 1.165) is 15.8 Å². The molecule has 0 bridgehead atoms. The van der Waals surface area contributed by atoms with Crippen molar-refractivity contribution in [1.82, 2.24) is 4.98 Å². The second-order valence-electron chi connectivity index (χ2n) is 4.51. The number of benzene rings is 2. The first-order valence-corrected chi connectivity index (χ1v) is 7.13. The summed E-state index contributed by atoms with van der Waals surface area (Å²) in [6, 6.07) is 15.7. The van der Waals surface area contributed by atoms with Gasteiger partial charge in [0.2, 0.25) is 0 Å². The van der Waals surface area contributed by atoms with Crippen LogP contribution < -0.4 is 5.73 Å². The molecule has 0 unspecified atom stereocenters. The molecule has 2 aromatic carbocycles. The Labute approximate surface area is 125 Å². The number of hydrogen-bond donors (Lipinski definition) is 2. The number of aromatic nitrogens is 1. The Morgan fingerprint density at radius 2 is 1.90 bits per heavy atom. The molecular weight excluding hydrogens is 285 g/mol. The van der Waals surface area contributed by atoms with Crippen LogP contribution in [0.2, 0.25) is 0 Å². The van der Waals surface area contributed by atoms with Crippen molar-refractivity contribution in [2.24, 2.45) is 5.73 Å². The van der Waals surface area contributed by atoms with Gasteiger partial charge in [0.15, 0.2) is 0 Å². The van der Waals surface area contributed by atoms with E-state index in [1.54, 1.807) is 12.1 Å². The number of nitrogens with one attached hydrogen (secondary N) is 1. The fourth-order valence-electron chi connectivity index (χ4n) is 2.01. The van der Waals surface area contributed by atoms with Crippen LogP contribution in [0.4, 0.5) is 4.39 Å². The van der Waals surface area contributed by atoms with Crippen LogP contribution in [-0.4, -0.2) is 10.8 Å². The monoisotopic (exact) mass is 297 g/mol. The van der Waals surface area contributed by atoms with Gasteiger partial charge >= 0.3 is 0 Å². The maximum atomic E-state index is 13.3. The summed E-state index contributed by atoms with van der Waals surface area (Å²) in [6.45, 7) is 0. The smallest absolute Gasteiger partial charge is 0.125 e. The highest BCUT2D eigenvalue weighted by molar-refractivity contribution is 7.99. The minimum Gasteiger partial charge on any atom is -0.384 e. The molecule has 1 heterocycles. The quantitative estimate of drug-likeness (QED) is 0.571. The molecule has 0 aliphatic carbocycles. The van der Waals surface area contributed by atoms with Crippen LogP contribution >= 0.6 is 11.8 Å². The van der Waals surface area contributed by atoms with Crippen molar-refractivity contribution in [3.8, 4) is 0 Å². The lowest BCUT2D eigenvalue weighted by atomic mass is 10.1. The summed E-state index contributed by atoms with van der Waals surface area (Å²) in [4.78, 5) is 5.26. The molecule has 0 spiro atoms. The van der Waals surface area contributed by atoms with Gasteiger partial charge in [0.05, 0.1) is 5.52 Å². The number of nitrogens with two attached hydrogens (primary N) is 1. The van der Waals surface area contributed by atoms with E-state index in [4.69, 9.17) is 11.1 Å². The maximum absolute atomic E-state index is 13.3. The summed E-state index contributed by atoms with van der Waals surface area (Å²) in [6.07, 6.45) is 0. The van der Waals surface area contributed by atoms with E-state index in [1.807, 2.05) is 30.3 Å². The maximum Gasteiger partial charge on any atom is 0.125 e. The summed E-state index contributed by atoms with van der Waals surface area (Å²) >= 11 is 1.30. The fourth-order valence-corrected chi connectivity index (χ4v) is 2.98. The predicted octanol–water partition coefficient (Wildman–Crippen LogP) is 3.81. The van der Waals surface area contributed by atoms with Gasteiger partial charge in [-0.05, 0) is 30.3 Å². The number of pyridine rings is 1. The molecule has 0 radical (unpaired) electrons. The number of halogens is 1. The molecule has 5 heteroatoms. The summed E-state index contributed by atoms with van der Waals surface area (Å²) < 4.78 is 13.3. The van der Waals surface area contributed by atoms with E-state index in [2.05, 4.69) is 4.98 Å². The van der Waals surface area contributed by atoms with Crippen molar-refractivity contribution >= 4 is 28.5 Å². The Morgan fingerprint density at radius 1 is 1.10 bits per heavy atom. The van der Waals surface area contributed by atoms with E-state index in [1.165, 1.54) is 23.9 Å². The minimum atomic E-state index is -0.301. The standard InChI is InChI=1S/C16H12FN3S/c17-11-5-3-6-12(9-11)21-16-13(15(18)19)8-10-4-1-2-7-14(10)20-16/h1-9H,(H3,18,19). The van der Waals surface area contributed by atoms with Gasteiger partial charge in [-0.2, -0.15) is 0 Å². The highest BCUT2D eigenvalue weighted by atomic mass is 32.2. The van der Waals surface area contributed by atoms with Crippen molar-refractivity contribution in [1.29, 1.82) is 5.41 Å². The Balaban J connectivity index is 2.11.